The number of carbonyl (C=O) groups is 1. The van der Waals surface area contributed by atoms with E-state index in [4.69, 9.17) is 14.6 Å². The standard InChI is InChI=1S/C28H39N5O5S/c1-30-11-8-22(9-12-30)38-18-13-31-10-4-5-21(19-31)33-27-23-6-2-3-7-25(23)39(35,36)20-24(27)26(29-33)28(34)32-14-16-37-17-15-32/h2-3,6-7,21-22H,4-5,8-20H2,1H3. The fourth-order valence-electron chi connectivity index (χ4n) is 6.38. The number of piperidine rings is 2. The van der Waals surface area contributed by atoms with Gasteiger partial charge in [0, 0.05) is 50.4 Å². The third-order valence-electron chi connectivity index (χ3n) is 8.57. The van der Waals surface area contributed by atoms with Crippen molar-refractivity contribution in [2.45, 2.75) is 48.5 Å². The largest absolute Gasteiger partial charge is 0.378 e. The first-order valence-corrected chi connectivity index (χ1v) is 15.9. The van der Waals surface area contributed by atoms with Gasteiger partial charge in [0.25, 0.3) is 5.91 Å². The van der Waals surface area contributed by atoms with E-state index in [-0.39, 0.29) is 23.4 Å². The molecule has 1 unspecified atom stereocenters. The van der Waals surface area contributed by atoms with Crippen molar-refractivity contribution >= 4 is 15.7 Å². The second kappa shape index (κ2) is 11.3. The number of hydrogen-bond donors (Lipinski definition) is 0. The highest BCUT2D eigenvalue weighted by Crippen LogP contribution is 2.41. The predicted octanol–water partition coefficient (Wildman–Crippen LogP) is 2.06. The molecule has 0 aliphatic carbocycles. The molecule has 5 heterocycles. The Morgan fingerprint density at radius 2 is 1.85 bits per heavy atom. The summed E-state index contributed by atoms with van der Waals surface area (Å²) < 4.78 is 40.2. The van der Waals surface area contributed by atoms with Gasteiger partial charge in [0.1, 0.15) is 0 Å². The van der Waals surface area contributed by atoms with Crippen molar-refractivity contribution < 1.29 is 22.7 Å². The fourth-order valence-corrected chi connectivity index (χ4v) is 7.97. The summed E-state index contributed by atoms with van der Waals surface area (Å²) in [7, 11) is -1.42. The summed E-state index contributed by atoms with van der Waals surface area (Å²) in [6.45, 7) is 7.47. The fraction of sp³-hybridized carbons (Fsp3) is 0.643. The first-order valence-electron chi connectivity index (χ1n) is 14.2. The quantitative estimate of drug-likeness (QED) is 0.533. The molecule has 3 fully saturated rings. The normalized spacial score (nSPS) is 24.3. The zero-order chi connectivity index (χ0) is 27.0. The number of rotatable bonds is 6. The monoisotopic (exact) mass is 557 g/mol. The molecule has 0 bridgehead atoms. The Balaban J connectivity index is 1.26. The molecular formula is C28H39N5O5S. The van der Waals surface area contributed by atoms with Crippen LogP contribution in [-0.2, 0) is 25.1 Å². The topological polar surface area (TPSA) is 97.2 Å². The zero-order valence-corrected chi connectivity index (χ0v) is 23.6. The number of amides is 1. The minimum Gasteiger partial charge on any atom is -0.378 e. The van der Waals surface area contributed by atoms with Gasteiger partial charge in [-0.15, -0.1) is 0 Å². The Morgan fingerprint density at radius 3 is 2.64 bits per heavy atom. The number of aromatic nitrogens is 2. The molecule has 212 valence electrons. The van der Waals surface area contributed by atoms with E-state index >= 15 is 0 Å². The van der Waals surface area contributed by atoms with E-state index in [0.29, 0.717) is 55.0 Å². The van der Waals surface area contributed by atoms with Crippen LogP contribution in [0.5, 0.6) is 0 Å². The predicted molar refractivity (Wildman–Crippen MR) is 146 cm³/mol. The SMILES string of the molecule is CN1CCC(OCCN2CCCC(n3nc(C(=O)N4CCOCC4)c4c3-c3ccccc3S(=O)(=O)C4)C2)CC1. The van der Waals surface area contributed by atoms with Crippen LogP contribution in [0.4, 0.5) is 0 Å². The van der Waals surface area contributed by atoms with Crippen LogP contribution in [-0.4, -0.2) is 118 Å². The minimum absolute atomic E-state index is 0.0518. The number of hydrogen-bond acceptors (Lipinski definition) is 8. The number of benzene rings is 1. The molecule has 11 heteroatoms. The summed E-state index contributed by atoms with van der Waals surface area (Å²) in [6.07, 6.45) is 4.45. The van der Waals surface area contributed by atoms with E-state index in [2.05, 4.69) is 16.8 Å². The van der Waals surface area contributed by atoms with Gasteiger partial charge in [-0.25, -0.2) is 8.42 Å². The third-order valence-corrected chi connectivity index (χ3v) is 10.3. The Kier molecular flexibility index (Phi) is 7.78. The van der Waals surface area contributed by atoms with E-state index in [1.54, 1.807) is 17.0 Å². The second-order valence-corrected chi connectivity index (χ2v) is 13.2. The maximum absolute atomic E-state index is 13.6. The highest BCUT2D eigenvalue weighted by Gasteiger charge is 2.39. The molecule has 0 N–H and O–H groups in total. The van der Waals surface area contributed by atoms with Crippen LogP contribution in [0, 0.1) is 0 Å². The van der Waals surface area contributed by atoms with E-state index < -0.39 is 9.84 Å². The van der Waals surface area contributed by atoms with Crippen molar-refractivity contribution in [1.29, 1.82) is 0 Å². The number of morpholine rings is 1. The Labute approximate surface area is 230 Å². The summed E-state index contributed by atoms with van der Waals surface area (Å²) in [5.74, 6) is -0.409. The van der Waals surface area contributed by atoms with E-state index in [1.807, 2.05) is 16.8 Å². The van der Waals surface area contributed by atoms with Gasteiger partial charge in [-0.05, 0) is 45.3 Å². The molecule has 0 spiro atoms. The Morgan fingerprint density at radius 1 is 1.08 bits per heavy atom. The van der Waals surface area contributed by atoms with Gasteiger partial charge in [-0.3, -0.25) is 14.4 Å². The van der Waals surface area contributed by atoms with Gasteiger partial charge in [-0.2, -0.15) is 5.10 Å². The van der Waals surface area contributed by atoms with Crippen molar-refractivity contribution in [2.24, 2.45) is 0 Å². The average molecular weight is 558 g/mol. The molecule has 1 aromatic heterocycles. The number of nitrogens with zero attached hydrogens (tertiary/aromatic N) is 5. The van der Waals surface area contributed by atoms with Gasteiger partial charge in [0.2, 0.25) is 0 Å². The van der Waals surface area contributed by atoms with Crippen LogP contribution < -0.4 is 0 Å². The number of sulfone groups is 1. The smallest absolute Gasteiger partial charge is 0.274 e. The van der Waals surface area contributed by atoms with Crippen molar-refractivity contribution in [3.05, 3.63) is 35.5 Å². The number of ether oxygens (including phenoxy) is 2. The van der Waals surface area contributed by atoms with Gasteiger partial charge >= 0.3 is 0 Å². The molecule has 39 heavy (non-hydrogen) atoms. The number of fused-ring (bicyclic) bond motifs is 3. The maximum atomic E-state index is 13.6. The van der Waals surface area contributed by atoms with Crippen molar-refractivity contribution in [1.82, 2.24) is 24.5 Å². The minimum atomic E-state index is -3.58. The van der Waals surface area contributed by atoms with Gasteiger partial charge in [-0.1, -0.05) is 18.2 Å². The summed E-state index contributed by atoms with van der Waals surface area (Å²) in [6, 6.07) is 7.19. The molecule has 4 aliphatic heterocycles. The zero-order valence-electron chi connectivity index (χ0n) is 22.8. The molecule has 1 aromatic carbocycles. The second-order valence-electron chi connectivity index (χ2n) is 11.3. The lowest BCUT2D eigenvalue weighted by atomic mass is 10.0. The summed E-state index contributed by atoms with van der Waals surface area (Å²) in [5.41, 5.74) is 2.24. The number of carbonyl (C=O) groups excluding carboxylic acids is 1. The molecule has 3 saturated heterocycles. The van der Waals surface area contributed by atoms with Crippen molar-refractivity contribution in [3.8, 4) is 11.3 Å². The lowest BCUT2D eigenvalue weighted by Gasteiger charge is -2.35. The van der Waals surface area contributed by atoms with E-state index in [0.717, 1.165) is 64.1 Å². The van der Waals surface area contributed by atoms with Crippen LogP contribution in [0.1, 0.15) is 47.8 Å². The van der Waals surface area contributed by atoms with Gasteiger partial charge < -0.3 is 19.3 Å². The lowest BCUT2D eigenvalue weighted by Crippen LogP contribution is -2.41. The Hall–Kier alpha value is -2.31. The van der Waals surface area contributed by atoms with Crippen molar-refractivity contribution in [3.63, 3.8) is 0 Å². The Bertz CT molecular complexity index is 1300. The first-order chi connectivity index (χ1) is 18.9. The van der Waals surface area contributed by atoms with Gasteiger partial charge in [0.15, 0.2) is 15.5 Å². The third kappa shape index (κ3) is 5.52. The molecule has 0 saturated carbocycles. The highest BCUT2D eigenvalue weighted by atomic mass is 32.2. The molecule has 4 aliphatic rings. The molecule has 10 nitrogen and oxygen atoms in total. The summed E-state index contributed by atoms with van der Waals surface area (Å²) >= 11 is 0. The van der Waals surface area contributed by atoms with Crippen LogP contribution in [0.2, 0.25) is 0 Å². The number of likely N-dealkylation sites (tertiary alicyclic amines) is 2. The first kappa shape index (κ1) is 26.9. The molecule has 0 radical (unpaired) electrons. The van der Waals surface area contributed by atoms with Gasteiger partial charge in [0.05, 0.1) is 48.3 Å². The van der Waals surface area contributed by atoms with Crippen LogP contribution in [0.3, 0.4) is 0 Å². The molecular weight excluding hydrogens is 518 g/mol. The van der Waals surface area contributed by atoms with Crippen LogP contribution >= 0.6 is 0 Å². The van der Waals surface area contributed by atoms with Crippen LogP contribution in [0.25, 0.3) is 11.3 Å². The molecule has 1 atom stereocenters. The summed E-state index contributed by atoms with van der Waals surface area (Å²) in [5, 5.41) is 4.91. The van der Waals surface area contributed by atoms with Crippen molar-refractivity contribution in [2.75, 3.05) is 72.7 Å². The van der Waals surface area contributed by atoms with E-state index in [1.165, 1.54) is 0 Å². The summed E-state index contributed by atoms with van der Waals surface area (Å²) in [4.78, 5) is 20.5. The maximum Gasteiger partial charge on any atom is 0.274 e. The van der Waals surface area contributed by atoms with E-state index in [9.17, 15) is 13.2 Å². The lowest BCUT2D eigenvalue weighted by molar-refractivity contribution is -0.00147. The highest BCUT2D eigenvalue weighted by molar-refractivity contribution is 7.90. The molecule has 6 rings (SSSR count). The molecule has 1 amide bonds. The molecule has 2 aromatic rings. The average Bonchev–Trinajstić information content (AvgIpc) is 3.33. The van der Waals surface area contributed by atoms with Crippen LogP contribution in [0.15, 0.2) is 29.2 Å².